The highest BCUT2D eigenvalue weighted by Gasteiger charge is 2.48. The number of hydrogen-bond donors (Lipinski definition) is 1. The minimum absolute atomic E-state index is 0.0152. The van der Waals surface area contributed by atoms with Crippen LogP contribution in [0.3, 0.4) is 0 Å². The monoisotopic (exact) mass is 423 g/mol. The van der Waals surface area contributed by atoms with E-state index in [1.165, 1.54) is 12.8 Å². The van der Waals surface area contributed by atoms with Gasteiger partial charge in [-0.3, -0.25) is 4.79 Å². The zero-order chi connectivity index (χ0) is 22.0. The van der Waals surface area contributed by atoms with E-state index < -0.39 is 11.5 Å². The number of likely N-dealkylation sites (tertiary alicyclic amines) is 1. The van der Waals surface area contributed by atoms with Gasteiger partial charge in [-0.1, -0.05) is 43.3 Å². The van der Waals surface area contributed by atoms with Gasteiger partial charge in [0.05, 0.1) is 26.2 Å². The molecule has 2 aromatic carbocycles. The summed E-state index contributed by atoms with van der Waals surface area (Å²) in [6, 6.07) is 15.8. The van der Waals surface area contributed by atoms with Crippen LogP contribution < -0.4 is 9.47 Å². The molecule has 5 heteroatoms. The van der Waals surface area contributed by atoms with Crippen LogP contribution >= 0.6 is 0 Å². The number of carbonyl (C=O) groups excluding carboxylic acids is 1. The number of rotatable bonds is 8. The molecule has 5 nitrogen and oxygen atoms in total. The molecule has 0 unspecified atom stereocenters. The van der Waals surface area contributed by atoms with E-state index in [9.17, 15) is 9.90 Å². The Bertz CT molecular complexity index is 909. The lowest BCUT2D eigenvalue weighted by atomic mass is 9.72. The first kappa shape index (κ1) is 21.7. The maximum atomic E-state index is 13.1. The summed E-state index contributed by atoms with van der Waals surface area (Å²) in [4.78, 5) is 15.0. The molecule has 2 aliphatic rings. The standard InChI is InChI=1S/C26H33NO4/c1-18(28)26(2)17-27(25(29)13-19-7-5-4-6-8-19)15-22(26)21-11-12-23(30-3)24(14-21)31-16-20-9-10-20/h4-8,11-12,14,18,20,22,28H,9-10,13,15-17H2,1-3H3/t18-,22+,26+/m1/s1. The predicted molar refractivity (Wildman–Crippen MR) is 120 cm³/mol. The normalized spacial score (nSPS) is 24.1. The Morgan fingerprint density at radius 2 is 1.94 bits per heavy atom. The van der Waals surface area contributed by atoms with Crippen LogP contribution in [0.15, 0.2) is 48.5 Å². The molecule has 1 saturated heterocycles. The number of hydrogen-bond acceptors (Lipinski definition) is 4. The number of nitrogens with zero attached hydrogens (tertiary/aromatic N) is 1. The van der Waals surface area contributed by atoms with Crippen LogP contribution in [-0.4, -0.2) is 48.8 Å². The van der Waals surface area contributed by atoms with Crippen molar-refractivity contribution in [3.05, 3.63) is 59.7 Å². The molecule has 0 aromatic heterocycles. The van der Waals surface area contributed by atoms with Crippen LogP contribution in [0.25, 0.3) is 0 Å². The molecule has 0 bridgehead atoms. The lowest BCUT2D eigenvalue weighted by Crippen LogP contribution is -2.38. The first-order valence-electron chi connectivity index (χ1n) is 11.2. The summed E-state index contributed by atoms with van der Waals surface area (Å²) in [7, 11) is 1.65. The molecule has 2 aromatic rings. The zero-order valence-electron chi connectivity index (χ0n) is 18.7. The number of amides is 1. The predicted octanol–water partition coefficient (Wildman–Crippen LogP) is 4.04. The van der Waals surface area contributed by atoms with Gasteiger partial charge in [-0.15, -0.1) is 0 Å². The fourth-order valence-corrected chi connectivity index (χ4v) is 4.51. The number of benzene rings is 2. The second kappa shape index (κ2) is 8.91. The molecule has 1 aliphatic heterocycles. The van der Waals surface area contributed by atoms with Gasteiger partial charge in [0.15, 0.2) is 11.5 Å². The number of methoxy groups -OCH3 is 1. The van der Waals surface area contributed by atoms with Gasteiger partial charge in [-0.05, 0) is 48.9 Å². The molecule has 4 rings (SSSR count). The zero-order valence-corrected chi connectivity index (χ0v) is 18.7. The van der Waals surface area contributed by atoms with E-state index in [1.807, 2.05) is 60.4 Å². The van der Waals surface area contributed by atoms with Crippen molar-refractivity contribution in [3.63, 3.8) is 0 Å². The molecular weight excluding hydrogens is 390 g/mol. The van der Waals surface area contributed by atoms with Crippen LogP contribution in [0.1, 0.15) is 43.7 Å². The third-order valence-corrected chi connectivity index (χ3v) is 7.00. The Balaban J connectivity index is 1.56. The highest BCUT2D eigenvalue weighted by Crippen LogP contribution is 2.47. The summed E-state index contributed by atoms with van der Waals surface area (Å²) in [6.07, 6.45) is 2.28. The van der Waals surface area contributed by atoms with Gasteiger partial charge in [0.2, 0.25) is 5.91 Å². The van der Waals surface area contributed by atoms with Crippen molar-refractivity contribution >= 4 is 5.91 Å². The average Bonchev–Trinajstić information content (AvgIpc) is 3.53. The molecule has 0 radical (unpaired) electrons. The van der Waals surface area contributed by atoms with Crippen molar-refractivity contribution in [1.82, 2.24) is 4.90 Å². The molecular formula is C26H33NO4. The number of aliphatic hydroxyl groups excluding tert-OH is 1. The average molecular weight is 424 g/mol. The van der Waals surface area contributed by atoms with E-state index in [-0.39, 0.29) is 11.8 Å². The molecule has 166 valence electrons. The Morgan fingerprint density at radius 3 is 2.58 bits per heavy atom. The van der Waals surface area contributed by atoms with E-state index in [0.717, 1.165) is 22.6 Å². The van der Waals surface area contributed by atoms with Crippen molar-refractivity contribution in [2.75, 3.05) is 26.8 Å². The molecule has 1 heterocycles. The van der Waals surface area contributed by atoms with Crippen LogP contribution in [0.5, 0.6) is 11.5 Å². The maximum Gasteiger partial charge on any atom is 0.227 e. The number of carbonyl (C=O) groups is 1. The largest absolute Gasteiger partial charge is 0.493 e. The summed E-state index contributed by atoms with van der Waals surface area (Å²) in [5.74, 6) is 2.22. The Hall–Kier alpha value is -2.53. The quantitative estimate of drug-likeness (QED) is 0.696. The summed E-state index contributed by atoms with van der Waals surface area (Å²) in [6.45, 7) is 5.73. The van der Waals surface area contributed by atoms with Gasteiger partial charge < -0.3 is 19.5 Å². The first-order valence-corrected chi connectivity index (χ1v) is 11.2. The maximum absolute atomic E-state index is 13.1. The highest BCUT2D eigenvalue weighted by atomic mass is 16.5. The van der Waals surface area contributed by atoms with Crippen LogP contribution in [0.4, 0.5) is 0 Å². The minimum Gasteiger partial charge on any atom is -0.493 e. The van der Waals surface area contributed by atoms with E-state index >= 15 is 0 Å². The summed E-state index contributed by atoms with van der Waals surface area (Å²) in [5, 5.41) is 10.7. The van der Waals surface area contributed by atoms with Gasteiger partial charge in [-0.25, -0.2) is 0 Å². The third kappa shape index (κ3) is 4.72. The lowest BCUT2D eigenvalue weighted by Gasteiger charge is -2.33. The van der Waals surface area contributed by atoms with Gasteiger partial charge >= 0.3 is 0 Å². The number of ether oxygens (including phenoxy) is 2. The van der Waals surface area contributed by atoms with Gasteiger partial charge in [-0.2, -0.15) is 0 Å². The number of aliphatic hydroxyl groups is 1. The Labute approximate surface area is 185 Å². The van der Waals surface area contributed by atoms with Crippen LogP contribution in [0.2, 0.25) is 0 Å². The van der Waals surface area contributed by atoms with Crippen LogP contribution in [0, 0.1) is 11.3 Å². The molecule has 2 fully saturated rings. The highest BCUT2D eigenvalue weighted by molar-refractivity contribution is 5.79. The van der Waals surface area contributed by atoms with Gasteiger partial charge in [0.1, 0.15) is 0 Å². The summed E-state index contributed by atoms with van der Waals surface area (Å²) >= 11 is 0. The Kier molecular flexibility index (Phi) is 6.24. The van der Waals surface area contributed by atoms with Crippen LogP contribution in [-0.2, 0) is 11.2 Å². The summed E-state index contributed by atoms with van der Waals surface area (Å²) in [5.41, 5.74) is 1.65. The SMILES string of the molecule is COc1ccc([C@@H]2CN(C(=O)Cc3ccccc3)C[C@@]2(C)[C@@H](C)O)cc1OCC1CC1. The Morgan fingerprint density at radius 1 is 1.19 bits per heavy atom. The van der Waals surface area contributed by atoms with E-state index in [2.05, 4.69) is 6.92 Å². The van der Waals surface area contributed by atoms with E-state index in [0.29, 0.717) is 32.0 Å². The molecule has 1 aliphatic carbocycles. The van der Waals surface area contributed by atoms with Crippen molar-refractivity contribution < 1.29 is 19.4 Å². The molecule has 31 heavy (non-hydrogen) atoms. The second-order valence-electron chi connectivity index (χ2n) is 9.34. The minimum atomic E-state index is -0.551. The summed E-state index contributed by atoms with van der Waals surface area (Å²) < 4.78 is 11.6. The van der Waals surface area contributed by atoms with Gasteiger partial charge in [0, 0.05) is 24.4 Å². The topological polar surface area (TPSA) is 59.0 Å². The van der Waals surface area contributed by atoms with Crippen molar-refractivity contribution in [2.24, 2.45) is 11.3 Å². The molecule has 0 spiro atoms. The van der Waals surface area contributed by atoms with Gasteiger partial charge in [0.25, 0.3) is 0 Å². The fraction of sp³-hybridized carbons (Fsp3) is 0.500. The molecule has 1 saturated carbocycles. The fourth-order valence-electron chi connectivity index (χ4n) is 4.51. The first-order chi connectivity index (χ1) is 14.9. The lowest BCUT2D eigenvalue weighted by molar-refractivity contribution is -0.130. The molecule has 1 amide bonds. The van der Waals surface area contributed by atoms with Crippen molar-refractivity contribution in [3.8, 4) is 11.5 Å². The molecule has 3 atom stereocenters. The smallest absolute Gasteiger partial charge is 0.227 e. The van der Waals surface area contributed by atoms with E-state index in [1.54, 1.807) is 7.11 Å². The van der Waals surface area contributed by atoms with Crippen molar-refractivity contribution in [2.45, 2.75) is 45.1 Å². The molecule has 1 N–H and O–H groups in total. The third-order valence-electron chi connectivity index (χ3n) is 7.00. The second-order valence-corrected chi connectivity index (χ2v) is 9.34. The van der Waals surface area contributed by atoms with E-state index in [4.69, 9.17) is 9.47 Å². The van der Waals surface area contributed by atoms with Crippen molar-refractivity contribution in [1.29, 1.82) is 0 Å².